The van der Waals surface area contributed by atoms with Gasteiger partial charge in [0.25, 0.3) is 5.91 Å². The molecule has 2 aromatic carbocycles. The van der Waals surface area contributed by atoms with Gasteiger partial charge in [-0.05, 0) is 60.6 Å². The van der Waals surface area contributed by atoms with Crippen molar-refractivity contribution in [2.45, 2.75) is 16.8 Å². The van der Waals surface area contributed by atoms with Gasteiger partial charge in [0.15, 0.2) is 0 Å². The second-order valence-corrected chi connectivity index (χ2v) is 9.49. The van der Waals surface area contributed by atoms with E-state index < -0.39 is 21.4 Å². The minimum absolute atomic E-state index is 0.0386. The Hall–Kier alpha value is -1.91. The van der Waals surface area contributed by atoms with E-state index >= 15 is 0 Å². The molecule has 150 valence electrons. The molecule has 1 amide bonds. The first kappa shape index (κ1) is 20.8. The number of alkyl halides is 3. The fourth-order valence-corrected chi connectivity index (χ4v) is 4.96. The zero-order valence-electron chi connectivity index (χ0n) is 14.2. The van der Waals surface area contributed by atoms with E-state index in [2.05, 4.69) is 5.32 Å². The summed E-state index contributed by atoms with van der Waals surface area (Å²) in [5.41, 5.74) is -3.68. The van der Waals surface area contributed by atoms with Crippen LogP contribution >= 0.6 is 23.4 Å². The first-order valence-corrected chi connectivity index (χ1v) is 10.8. The molecular weight excluding hydrogens is 437 g/mol. The van der Waals surface area contributed by atoms with E-state index in [0.29, 0.717) is 18.7 Å². The summed E-state index contributed by atoms with van der Waals surface area (Å²) in [7, 11) is -3.39. The summed E-state index contributed by atoms with van der Waals surface area (Å²) in [6.07, 6.45) is 0.509. The van der Waals surface area contributed by atoms with Gasteiger partial charge < -0.3 is 5.32 Å². The Kier molecular flexibility index (Phi) is 5.83. The van der Waals surface area contributed by atoms with Crippen molar-refractivity contribution in [2.24, 2.45) is 0 Å². The number of benzene rings is 2. The summed E-state index contributed by atoms with van der Waals surface area (Å²) in [4.78, 5) is 12.4. The molecule has 11 heteroatoms. The third-order valence-corrected chi connectivity index (χ3v) is 6.87. The van der Waals surface area contributed by atoms with Crippen LogP contribution in [0.3, 0.4) is 0 Å². The van der Waals surface area contributed by atoms with Gasteiger partial charge >= 0.3 is 5.51 Å². The molecule has 0 saturated carbocycles. The van der Waals surface area contributed by atoms with Crippen LogP contribution in [0.5, 0.6) is 0 Å². The van der Waals surface area contributed by atoms with Gasteiger partial charge in [-0.25, -0.2) is 8.42 Å². The number of hydrogen-bond donors (Lipinski definition) is 1. The highest BCUT2D eigenvalue weighted by atomic mass is 35.5. The number of thioether (sulfide) groups is 1. The zero-order valence-corrected chi connectivity index (χ0v) is 16.6. The largest absolute Gasteiger partial charge is 0.446 e. The summed E-state index contributed by atoms with van der Waals surface area (Å²) in [6, 6.07) is 9.41. The molecule has 1 fully saturated rings. The Labute approximate surface area is 168 Å². The van der Waals surface area contributed by atoms with Gasteiger partial charge in [-0.3, -0.25) is 9.10 Å². The van der Waals surface area contributed by atoms with Gasteiger partial charge in [-0.1, -0.05) is 11.6 Å². The van der Waals surface area contributed by atoms with Crippen molar-refractivity contribution in [1.82, 2.24) is 0 Å². The molecule has 0 aliphatic carbocycles. The van der Waals surface area contributed by atoms with E-state index in [-0.39, 0.29) is 38.7 Å². The van der Waals surface area contributed by atoms with E-state index in [1.807, 2.05) is 0 Å². The van der Waals surface area contributed by atoms with Gasteiger partial charge in [0.05, 0.1) is 22.2 Å². The molecule has 5 nitrogen and oxygen atoms in total. The van der Waals surface area contributed by atoms with E-state index in [1.165, 1.54) is 40.7 Å². The predicted octanol–water partition coefficient (Wildman–Crippen LogP) is 4.74. The Bertz CT molecular complexity index is 996. The van der Waals surface area contributed by atoms with Crippen LogP contribution in [-0.4, -0.2) is 32.1 Å². The van der Waals surface area contributed by atoms with Crippen LogP contribution in [-0.2, 0) is 10.0 Å². The summed E-state index contributed by atoms with van der Waals surface area (Å²) in [5, 5.41) is 2.77. The molecule has 0 aromatic heterocycles. The second kappa shape index (κ2) is 7.84. The summed E-state index contributed by atoms with van der Waals surface area (Å²) >= 11 is 5.82. The topological polar surface area (TPSA) is 66.5 Å². The second-order valence-electron chi connectivity index (χ2n) is 5.93. The van der Waals surface area contributed by atoms with Gasteiger partial charge in [-0.2, -0.15) is 13.2 Å². The van der Waals surface area contributed by atoms with E-state index in [0.717, 1.165) is 0 Å². The van der Waals surface area contributed by atoms with E-state index in [4.69, 9.17) is 11.6 Å². The number of hydrogen-bond acceptors (Lipinski definition) is 4. The minimum atomic E-state index is -4.41. The third kappa shape index (κ3) is 4.92. The number of halogens is 4. The maximum absolute atomic E-state index is 12.4. The highest BCUT2D eigenvalue weighted by molar-refractivity contribution is 8.00. The number of rotatable bonds is 4. The fraction of sp³-hybridized carbons (Fsp3) is 0.235. The van der Waals surface area contributed by atoms with Crippen LogP contribution in [0.4, 0.5) is 24.5 Å². The number of amides is 1. The SMILES string of the molecule is O=C(Nc1cc(N2CCCS2(=O)=O)ccc1Cl)c1ccc(SC(F)(F)F)cc1. The monoisotopic (exact) mass is 450 g/mol. The lowest BCUT2D eigenvalue weighted by molar-refractivity contribution is -0.0328. The van der Waals surface area contributed by atoms with Gasteiger partial charge in [0.2, 0.25) is 10.0 Å². The molecule has 3 rings (SSSR count). The molecule has 0 atom stereocenters. The molecule has 1 N–H and O–H groups in total. The standard InChI is InChI=1S/C17H14ClF3N2O3S2/c18-14-7-4-12(23-8-1-9-28(23,25)26)10-15(14)22-16(24)11-2-5-13(6-3-11)27-17(19,20)21/h2-7,10H,1,8-9H2,(H,22,24). The van der Waals surface area contributed by atoms with Crippen molar-refractivity contribution in [3.8, 4) is 0 Å². The molecule has 0 radical (unpaired) electrons. The third-order valence-electron chi connectivity index (χ3n) is 3.94. The molecule has 0 unspecified atom stereocenters. The average Bonchev–Trinajstić information content (AvgIpc) is 2.95. The number of carbonyl (C=O) groups is 1. The maximum atomic E-state index is 12.4. The summed E-state index contributed by atoms with van der Waals surface area (Å²) < 4.78 is 62.5. The Morgan fingerprint density at radius 1 is 1.14 bits per heavy atom. The molecule has 0 bridgehead atoms. The summed E-state index contributed by atoms with van der Waals surface area (Å²) in [5.74, 6) is -0.522. The first-order chi connectivity index (χ1) is 13.0. The normalized spacial score (nSPS) is 16.2. The number of sulfonamides is 1. The highest BCUT2D eigenvalue weighted by Crippen LogP contribution is 2.37. The number of anilines is 2. The average molecular weight is 451 g/mol. The molecule has 1 aliphatic rings. The van der Waals surface area contributed by atoms with Crippen LogP contribution in [0, 0.1) is 0 Å². The molecule has 0 spiro atoms. The molecule has 1 aliphatic heterocycles. The van der Waals surface area contributed by atoms with Crippen molar-refractivity contribution >= 4 is 50.7 Å². The van der Waals surface area contributed by atoms with Gasteiger partial charge in [0, 0.05) is 17.0 Å². The van der Waals surface area contributed by atoms with Crippen LogP contribution < -0.4 is 9.62 Å². The van der Waals surface area contributed by atoms with E-state index in [9.17, 15) is 26.4 Å². The van der Waals surface area contributed by atoms with Gasteiger partial charge in [-0.15, -0.1) is 0 Å². The molecule has 2 aromatic rings. The van der Waals surface area contributed by atoms with Crippen molar-refractivity contribution < 1.29 is 26.4 Å². The Balaban J connectivity index is 1.78. The van der Waals surface area contributed by atoms with Crippen LogP contribution in [0.1, 0.15) is 16.8 Å². The van der Waals surface area contributed by atoms with Crippen LogP contribution in [0.2, 0.25) is 5.02 Å². The lowest BCUT2D eigenvalue weighted by Gasteiger charge is -2.18. The minimum Gasteiger partial charge on any atom is -0.321 e. The fourth-order valence-electron chi connectivity index (χ4n) is 2.70. The Morgan fingerprint density at radius 2 is 1.82 bits per heavy atom. The zero-order chi connectivity index (χ0) is 20.5. The molecule has 1 heterocycles. The molecule has 28 heavy (non-hydrogen) atoms. The quantitative estimate of drug-likeness (QED) is 0.683. The van der Waals surface area contributed by atoms with Crippen molar-refractivity contribution in [3.63, 3.8) is 0 Å². The van der Waals surface area contributed by atoms with Gasteiger partial charge in [0.1, 0.15) is 0 Å². The number of carbonyl (C=O) groups excluding carboxylic acids is 1. The lowest BCUT2D eigenvalue weighted by Crippen LogP contribution is -2.25. The smallest absolute Gasteiger partial charge is 0.321 e. The number of nitrogens with zero attached hydrogens (tertiary/aromatic N) is 1. The van der Waals surface area contributed by atoms with E-state index in [1.54, 1.807) is 6.07 Å². The summed E-state index contributed by atoms with van der Waals surface area (Å²) in [6.45, 7) is 0.343. The highest BCUT2D eigenvalue weighted by Gasteiger charge is 2.30. The first-order valence-electron chi connectivity index (χ1n) is 8.02. The van der Waals surface area contributed by atoms with Crippen molar-refractivity contribution in [3.05, 3.63) is 53.1 Å². The molecular formula is C17H14ClF3N2O3S2. The lowest BCUT2D eigenvalue weighted by atomic mass is 10.2. The van der Waals surface area contributed by atoms with Crippen molar-refractivity contribution in [1.29, 1.82) is 0 Å². The van der Waals surface area contributed by atoms with Crippen molar-refractivity contribution in [2.75, 3.05) is 21.9 Å². The number of nitrogens with one attached hydrogen (secondary N) is 1. The Morgan fingerprint density at radius 3 is 2.39 bits per heavy atom. The molecule has 1 saturated heterocycles. The van der Waals surface area contributed by atoms with Crippen LogP contribution in [0.25, 0.3) is 0 Å². The van der Waals surface area contributed by atoms with Crippen LogP contribution in [0.15, 0.2) is 47.4 Å². The predicted molar refractivity (Wildman–Crippen MR) is 104 cm³/mol. The maximum Gasteiger partial charge on any atom is 0.446 e.